The van der Waals surface area contributed by atoms with E-state index in [0.29, 0.717) is 6.54 Å². The average Bonchev–Trinajstić information content (AvgIpc) is 2.51. The Morgan fingerprint density at radius 1 is 1.50 bits per heavy atom. The second-order valence-corrected chi connectivity index (χ2v) is 4.50. The van der Waals surface area contributed by atoms with Crippen LogP contribution in [0.3, 0.4) is 0 Å². The number of carbonyl (C=O) groups excluding carboxylic acids is 1. The van der Waals surface area contributed by atoms with E-state index in [1.807, 2.05) is 17.0 Å². The van der Waals surface area contributed by atoms with E-state index >= 15 is 0 Å². The molecule has 0 atom stereocenters. The van der Waals surface area contributed by atoms with Crippen LogP contribution < -0.4 is 5.32 Å². The Bertz CT molecular complexity index is 320. The van der Waals surface area contributed by atoms with Crippen molar-refractivity contribution in [3.8, 4) is 0 Å². The standard InChI is InChI=1S/C11H18N2O/c1-11(2,3)9-5-6-13(7-9)8-10(14)12-4/h5-7H,8H2,1-4H3,(H,12,14). The van der Waals surface area contributed by atoms with Crippen molar-refractivity contribution < 1.29 is 4.79 Å². The van der Waals surface area contributed by atoms with Crippen molar-refractivity contribution in [1.29, 1.82) is 0 Å². The van der Waals surface area contributed by atoms with Crippen LogP contribution in [0.2, 0.25) is 0 Å². The normalized spacial score (nSPS) is 11.4. The lowest BCUT2D eigenvalue weighted by Gasteiger charge is -2.15. The molecule has 0 fully saturated rings. The molecule has 14 heavy (non-hydrogen) atoms. The van der Waals surface area contributed by atoms with Gasteiger partial charge in [0.2, 0.25) is 5.91 Å². The summed E-state index contributed by atoms with van der Waals surface area (Å²) in [6.45, 7) is 6.87. The van der Waals surface area contributed by atoms with Crippen molar-refractivity contribution in [2.45, 2.75) is 32.7 Å². The van der Waals surface area contributed by atoms with E-state index in [0.717, 1.165) is 0 Å². The van der Waals surface area contributed by atoms with Crippen molar-refractivity contribution in [2.24, 2.45) is 0 Å². The van der Waals surface area contributed by atoms with Gasteiger partial charge in [-0.3, -0.25) is 4.79 Å². The summed E-state index contributed by atoms with van der Waals surface area (Å²) in [6.07, 6.45) is 3.96. The van der Waals surface area contributed by atoms with E-state index in [9.17, 15) is 4.79 Å². The molecule has 0 aliphatic carbocycles. The number of amides is 1. The predicted octanol–water partition coefficient (Wildman–Crippen LogP) is 1.53. The van der Waals surface area contributed by atoms with Crippen LogP contribution in [0.1, 0.15) is 26.3 Å². The zero-order valence-corrected chi connectivity index (χ0v) is 9.29. The number of likely N-dealkylation sites (N-methyl/N-ethyl adjacent to an activating group) is 1. The number of hydrogen-bond acceptors (Lipinski definition) is 1. The zero-order chi connectivity index (χ0) is 10.8. The highest BCUT2D eigenvalue weighted by Gasteiger charge is 2.14. The van der Waals surface area contributed by atoms with Gasteiger partial charge >= 0.3 is 0 Å². The van der Waals surface area contributed by atoms with E-state index in [2.05, 4.69) is 32.2 Å². The number of rotatable bonds is 2. The molecule has 1 amide bonds. The predicted molar refractivity (Wildman–Crippen MR) is 57.2 cm³/mol. The Labute approximate surface area is 85.1 Å². The van der Waals surface area contributed by atoms with Gasteiger partial charge in [-0.1, -0.05) is 20.8 Å². The monoisotopic (exact) mass is 194 g/mol. The van der Waals surface area contributed by atoms with Gasteiger partial charge in [0, 0.05) is 19.4 Å². The second kappa shape index (κ2) is 3.86. The van der Waals surface area contributed by atoms with E-state index in [1.165, 1.54) is 5.56 Å². The first kappa shape index (κ1) is 10.8. The van der Waals surface area contributed by atoms with Crippen molar-refractivity contribution >= 4 is 5.91 Å². The molecule has 1 rings (SSSR count). The molecule has 0 spiro atoms. The Hall–Kier alpha value is -1.25. The Morgan fingerprint density at radius 2 is 2.14 bits per heavy atom. The molecule has 3 heteroatoms. The van der Waals surface area contributed by atoms with Gasteiger partial charge < -0.3 is 9.88 Å². The number of nitrogens with zero attached hydrogens (tertiary/aromatic N) is 1. The fourth-order valence-corrected chi connectivity index (χ4v) is 1.23. The molecule has 0 saturated heterocycles. The topological polar surface area (TPSA) is 34.0 Å². The first-order valence-electron chi connectivity index (χ1n) is 4.80. The lowest BCUT2D eigenvalue weighted by atomic mass is 9.89. The van der Waals surface area contributed by atoms with Crippen molar-refractivity contribution in [1.82, 2.24) is 9.88 Å². The Kier molecular flexibility index (Phi) is 2.99. The molecular weight excluding hydrogens is 176 g/mol. The summed E-state index contributed by atoms with van der Waals surface area (Å²) >= 11 is 0. The van der Waals surface area contributed by atoms with Gasteiger partial charge in [-0.2, -0.15) is 0 Å². The van der Waals surface area contributed by atoms with Gasteiger partial charge in [-0.25, -0.2) is 0 Å². The summed E-state index contributed by atoms with van der Waals surface area (Å²) in [5, 5.41) is 2.60. The second-order valence-electron chi connectivity index (χ2n) is 4.50. The molecule has 0 aliphatic heterocycles. The Morgan fingerprint density at radius 3 is 2.57 bits per heavy atom. The summed E-state index contributed by atoms with van der Waals surface area (Å²) in [5.41, 5.74) is 1.40. The van der Waals surface area contributed by atoms with Gasteiger partial charge in [-0.15, -0.1) is 0 Å². The quantitative estimate of drug-likeness (QED) is 0.761. The maximum absolute atomic E-state index is 11.1. The summed E-state index contributed by atoms with van der Waals surface area (Å²) < 4.78 is 1.90. The molecule has 0 radical (unpaired) electrons. The molecule has 0 unspecified atom stereocenters. The van der Waals surface area contributed by atoms with Gasteiger partial charge in [0.05, 0.1) is 0 Å². The van der Waals surface area contributed by atoms with E-state index in [-0.39, 0.29) is 11.3 Å². The van der Waals surface area contributed by atoms with Crippen molar-refractivity contribution in [3.63, 3.8) is 0 Å². The molecule has 1 heterocycles. The van der Waals surface area contributed by atoms with Gasteiger partial charge in [0.15, 0.2) is 0 Å². The minimum absolute atomic E-state index is 0.0288. The van der Waals surface area contributed by atoms with Crippen LogP contribution >= 0.6 is 0 Å². The van der Waals surface area contributed by atoms with E-state index in [1.54, 1.807) is 7.05 Å². The van der Waals surface area contributed by atoms with Crippen LogP contribution in [0.5, 0.6) is 0 Å². The number of nitrogens with one attached hydrogen (secondary N) is 1. The van der Waals surface area contributed by atoms with Gasteiger partial charge in [0.25, 0.3) is 0 Å². The third kappa shape index (κ3) is 2.62. The largest absolute Gasteiger partial charge is 0.358 e. The maximum atomic E-state index is 11.1. The first-order valence-corrected chi connectivity index (χ1v) is 4.80. The molecule has 0 aromatic carbocycles. The summed E-state index contributed by atoms with van der Waals surface area (Å²) in [6, 6.07) is 2.06. The van der Waals surface area contributed by atoms with Gasteiger partial charge in [0.1, 0.15) is 6.54 Å². The van der Waals surface area contributed by atoms with Gasteiger partial charge in [-0.05, 0) is 17.0 Å². The number of hydrogen-bond donors (Lipinski definition) is 1. The molecule has 3 nitrogen and oxygen atoms in total. The van der Waals surface area contributed by atoms with Crippen LogP contribution in [0.4, 0.5) is 0 Å². The zero-order valence-electron chi connectivity index (χ0n) is 9.29. The lowest BCUT2D eigenvalue weighted by molar-refractivity contribution is -0.121. The molecule has 1 N–H and O–H groups in total. The highest BCUT2D eigenvalue weighted by atomic mass is 16.1. The first-order chi connectivity index (χ1) is 6.43. The summed E-state index contributed by atoms with van der Waals surface area (Å²) in [7, 11) is 1.65. The lowest BCUT2D eigenvalue weighted by Crippen LogP contribution is -2.22. The number of aromatic nitrogens is 1. The SMILES string of the molecule is CNC(=O)Cn1ccc(C(C)(C)C)c1. The minimum atomic E-state index is 0.0288. The summed E-state index contributed by atoms with van der Waals surface area (Å²) in [5.74, 6) is 0.0288. The fourth-order valence-electron chi connectivity index (χ4n) is 1.23. The van der Waals surface area contributed by atoms with Crippen LogP contribution in [-0.4, -0.2) is 17.5 Å². The van der Waals surface area contributed by atoms with Crippen molar-refractivity contribution in [2.75, 3.05) is 7.05 Å². The molecule has 1 aromatic heterocycles. The molecular formula is C11H18N2O. The van der Waals surface area contributed by atoms with Crippen LogP contribution in [-0.2, 0) is 16.8 Å². The van der Waals surface area contributed by atoms with E-state index in [4.69, 9.17) is 0 Å². The molecule has 0 saturated carbocycles. The highest BCUT2D eigenvalue weighted by Crippen LogP contribution is 2.21. The third-order valence-corrected chi connectivity index (χ3v) is 2.22. The number of carbonyl (C=O) groups is 1. The van der Waals surface area contributed by atoms with Crippen LogP contribution in [0.15, 0.2) is 18.5 Å². The van der Waals surface area contributed by atoms with Crippen LogP contribution in [0, 0.1) is 0 Å². The molecule has 1 aromatic rings. The summed E-state index contributed by atoms with van der Waals surface area (Å²) in [4.78, 5) is 11.1. The van der Waals surface area contributed by atoms with Crippen molar-refractivity contribution in [3.05, 3.63) is 24.0 Å². The molecule has 0 aliphatic rings. The maximum Gasteiger partial charge on any atom is 0.239 e. The fraction of sp³-hybridized carbons (Fsp3) is 0.545. The third-order valence-electron chi connectivity index (χ3n) is 2.22. The Balaban J connectivity index is 2.74. The smallest absolute Gasteiger partial charge is 0.239 e. The highest BCUT2D eigenvalue weighted by molar-refractivity contribution is 5.75. The average molecular weight is 194 g/mol. The minimum Gasteiger partial charge on any atom is -0.358 e. The van der Waals surface area contributed by atoms with E-state index < -0.39 is 0 Å². The molecule has 78 valence electrons. The molecule has 0 bridgehead atoms. The van der Waals surface area contributed by atoms with Crippen LogP contribution in [0.25, 0.3) is 0 Å².